The van der Waals surface area contributed by atoms with Crippen molar-refractivity contribution < 1.29 is 5.21 Å². The molecule has 0 atom stereocenters. The van der Waals surface area contributed by atoms with Crippen LogP contribution in [0.15, 0.2) is 23.0 Å². The SMILES string of the molecule is CCCCCCCCCCCc1cccc(=O)n1O. The van der Waals surface area contributed by atoms with Crippen LogP contribution in [0, 0.1) is 0 Å². The van der Waals surface area contributed by atoms with Crippen molar-refractivity contribution in [2.75, 3.05) is 0 Å². The van der Waals surface area contributed by atoms with Gasteiger partial charge in [-0.2, -0.15) is 4.73 Å². The summed E-state index contributed by atoms with van der Waals surface area (Å²) in [5.41, 5.74) is 0.379. The molecule has 1 aromatic heterocycles. The monoisotopic (exact) mass is 265 g/mol. The van der Waals surface area contributed by atoms with Crippen LogP contribution in [-0.4, -0.2) is 9.94 Å². The number of hydrogen-bond donors (Lipinski definition) is 1. The Labute approximate surface area is 116 Å². The fourth-order valence-corrected chi connectivity index (χ4v) is 2.33. The molecule has 19 heavy (non-hydrogen) atoms. The van der Waals surface area contributed by atoms with Crippen molar-refractivity contribution in [3.8, 4) is 0 Å². The largest absolute Gasteiger partial charge is 0.425 e. The molecule has 0 saturated carbocycles. The van der Waals surface area contributed by atoms with E-state index < -0.39 is 0 Å². The minimum atomic E-state index is -0.339. The molecule has 0 aromatic carbocycles. The number of hydrogen-bond acceptors (Lipinski definition) is 2. The molecule has 0 radical (unpaired) electrons. The molecule has 0 saturated heterocycles. The van der Waals surface area contributed by atoms with Gasteiger partial charge in [-0.05, 0) is 18.9 Å². The van der Waals surface area contributed by atoms with E-state index in [0.717, 1.165) is 23.3 Å². The van der Waals surface area contributed by atoms with Gasteiger partial charge in [0.1, 0.15) is 0 Å². The lowest BCUT2D eigenvalue weighted by molar-refractivity contribution is 0.164. The topological polar surface area (TPSA) is 42.2 Å². The predicted octanol–water partition coefficient (Wildman–Crippen LogP) is 4.16. The van der Waals surface area contributed by atoms with Gasteiger partial charge in [-0.15, -0.1) is 0 Å². The third-order valence-electron chi connectivity index (χ3n) is 3.54. The van der Waals surface area contributed by atoms with Gasteiger partial charge in [0.05, 0.1) is 5.69 Å². The van der Waals surface area contributed by atoms with E-state index in [1.165, 1.54) is 57.4 Å². The Hall–Kier alpha value is -1.25. The Morgan fingerprint density at radius 3 is 2.16 bits per heavy atom. The standard InChI is InChI=1S/C16H27NO2/c1-2-3-4-5-6-7-8-9-10-12-15-13-11-14-16(18)17(15)19/h11,13-14,19H,2-10,12H2,1H3. The zero-order valence-electron chi connectivity index (χ0n) is 12.1. The minimum Gasteiger partial charge on any atom is -0.425 e. The first-order chi connectivity index (χ1) is 9.25. The molecule has 108 valence electrons. The van der Waals surface area contributed by atoms with Crippen molar-refractivity contribution in [3.05, 3.63) is 34.2 Å². The third-order valence-corrected chi connectivity index (χ3v) is 3.54. The number of nitrogens with zero attached hydrogens (tertiary/aromatic N) is 1. The molecule has 0 aliphatic carbocycles. The van der Waals surface area contributed by atoms with Crippen LogP contribution in [0.2, 0.25) is 0 Å². The van der Waals surface area contributed by atoms with Crippen molar-refractivity contribution in [3.63, 3.8) is 0 Å². The van der Waals surface area contributed by atoms with Crippen molar-refractivity contribution in [1.82, 2.24) is 4.73 Å². The molecule has 0 fully saturated rings. The summed E-state index contributed by atoms with van der Waals surface area (Å²) in [6.07, 6.45) is 12.3. The Bertz CT molecular complexity index is 398. The van der Waals surface area contributed by atoms with Crippen molar-refractivity contribution >= 4 is 0 Å². The van der Waals surface area contributed by atoms with E-state index in [9.17, 15) is 10.0 Å². The van der Waals surface area contributed by atoms with E-state index in [4.69, 9.17) is 0 Å². The van der Waals surface area contributed by atoms with Gasteiger partial charge in [-0.3, -0.25) is 4.79 Å². The lowest BCUT2D eigenvalue weighted by Crippen LogP contribution is -2.19. The number of rotatable bonds is 10. The molecule has 3 heteroatoms. The van der Waals surface area contributed by atoms with Gasteiger partial charge in [0.15, 0.2) is 0 Å². The highest BCUT2D eigenvalue weighted by Gasteiger charge is 2.01. The maximum Gasteiger partial charge on any atom is 0.283 e. The first-order valence-corrected chi connectivity index (χ1v) is 7.66. The van der Waals surface area contributed by atoms with Crippen molar-refractivity contribution in [2.45, 2.75) is 71.1 Å². The normalized spacial score (nSPS) is 10.8. The third kappa shape index (κ3) is 6.46. The average Bonchev–Trinajstić information content (AvgIpc) is 2.41. The summed E-state index contributed by atoms with van der Waals surface area (Å²) in [5, 5.41) is 9.52. The summed E-state index contributed by atoms with van der Waals surface area (Å²) in [6, 6.07) is 4.89. The highest BCUT2D eigenvalue weighted by atomic mass is 16.5. The van der Waals surface area contributed by atoms with Crippen LogP contribution in [0.25, 0.3) is 0 Å². The fraction of sp³-hybridized carbons (Fsp3) is 0.688. The van der Waals surface area contributed by atoms with Gasteiger partial charge in [0.25, 0.3) is 5.56 Å². The molecule has 1 heterocycles. The van der Waals surface area contributed by atoms with Crippen LogP contribution in [0.1, 0.15) is 70.4 Å². The highest BCUT2D eigenvalue weighted by molar-refractivity contribution is 5.05. The summed E-state index contributed by atoms with van der Waals surface area (Å²) in [6.45, 7) is 2.24. The van der Waals surface area contributed by atoms with E-state index in [0.29, 0.717) is 0 Å². The molecule has 1 N–H and O–H groups in total. The molecule has 0 unspecified atom stereocenters. The lowest BCUT2D eigenvalue weighted by Gasteiger charge is -2.05. The van der Waals surface area contributed by atoms with Gasteiger partial charge in [-0.25, -0.2) is 0 Å². The maximum atomic E-state index is 11.2. The average molecular weight is 265 g/mol. The minimum absolute atomic E-state index is 0.339. The van der Waals surface area contributed by atoms with Gasteiger partial charge in [-0.1, -0.05) is 64.4 Å². The zero-order chi connectivity index (χ0) is 13.9. The fourth-order valence-electron chi connectivity index (χ4n) is 2.33. The van der Waals surface area contributed by atoms with Gasteiger partial charge in [0, 0.05) is 6.07 Å². The van der Waals surface area contributed by atoms with E-state index in [1.807, 2.05) is 6.07 Å². The molecule has 3 nitrogen and oxygen atoms in total. The van der Waals surface area contributed by atoms with Crippen LogP contribution in [0.4, 0.5) is 0 Å². The number of unbranched alkanes of at least 4 members (excludes halogenated alkanes) is 8. The van der Waals surface area contributed by atoms with Crippen LogP contribution >= 0.6 is 0 Å². The Balaban J connectivity index is 2.05. The van der Waals surface area contributed by atoms with E-state index in [1.54, 1.807) is 6.07 Å². The Morgan fingerprint density at radius 1 is 0.947 bits per heavy atom. The molecular weight excluding hydrogens is 238 g/mol. The predicted molar refractivity (Wildman–Crippen MR) is 78.8 cm³/mol. The number of aromatic nitrogens is 1. The highest BCUT2D eigenvalue weighted by Crippen LogP contribution is 2.11. The molecule has 0 aliphatic heterocycles. The Morgan fingerprint density at radius 2 is 1.53 bits per heavy atom. The van der Waals surface area contributed by atoms with E-state index in [2.05, 4.69) is 6.92 Å². The smallest absolute Gasteiger partial charge is 0.283 e. The molecule has 0 amide bonds. The van der Waals surface area contributed by atoms with Crippen LogP contribution in [0.3, 0.4) is 0 Å². The molecule has 0 spiro atoms. The lowest BCUT2D eigenvalue weighted by atomic mass is 10.1. The first kappa shape index (κ1) is 15.8. The maximum absolute atomic E-state index is 11.2. The van der Waals surface area contributed by atoms with Crippen molar-refractivity contribution in [2.24, 2.45) is 0 Å². The van der Waals surface area contributed by atoms with E-state index in [-0.39, 0.29) is 5.56 Å². The molecule has 0 aliphatic rings. The summed E-state index contributed by atoms with van der Waals surface area (Å²) in [4.78, 5) is 11.2. The number of aryl methyl sites for hydroxylation is 1. The number of pyridine rings is 1. The molecule has 1 aromatic rings. The summed E-state index contributed by atoms with van der Waals surface area (Å²) in [7, 11) is 0. The summed E-state index contributed by atoms with van der Waals surface area (Å²) >= 11 is 0. The van der Waals surface area contributed by atoms with Gasteiger partial charge >= 0.3 is 0 Å². The van der Waals surface area contributed by atoms with Gasteiger partial charge < -0.3 is 5.21 Å². The first-order valence-electron chi connectivity index (χ1n) is 7.66. The van der Waals surface area contributed by atoms with Crippen LogP contribution in [0.5, 0.6) is 0 Å². The summed E-state index contributed by atoms with van der Waals surface area (Å²) in [5.74, 6) is 0. The van der Waals surface area contributed by atoms with Crippen LogP contribution in [-0.2, 0) is 6.42 Å². The quantitative estimate of drug-likeness (QED) is 0.510. The van der Waals surface area contributed by atoms with Crippen LogP contribution < -0.4 is 5.56 Å². The molecule has 0 bridgehead atoms. The molecule has 1 rings (SSSR count). The van der Waals surface area contributed by atoms with E-state index >= 15 is 0 Å². The second kappa shape index (κ2) is 9.65. The van der Waals surface area contributed by atoms with Gasteiger partial charge in [0.2, 0.25) is 0 Å². The summed E-state index contributed by atoms with van der Waals surface area (Å²) < 4.78 is 0.769. The zero-order valence-corrected chi connectivity index (χ0v) is 12.1. The second-order valence-electron chi connectivity index (χ2n) is 5.25. The van der Waals surface area contributed by atoms with Crippen molar-refractivity contribution in [1.29, 1.82) is 0 Å². The second-order valence-corrected chi connectivity index (χ2v) is 5.25. The molecular formula is C16H27NO2. The Kier molecular flexibility index (Phi) is 8.03.